The van der Waals surface area contributed by atoms with Crippen LogP contribution in [0.4, 0.5) is 0 Å². The Morgan fingerprint density at radius 1 is 1.32 bits per heavy atom. The number of thiocarbonyl (C=S) groups is 1. The average molecular weight is 418 g/mol. The van der Waals surface area contributed by atoms with Gasteiger partial charge in [-0.2, -0.15) is 0 Å². The number of benzene rings is 1. The topological polar surface area (TPSA) is 80.0 Å². The molecule has 1 aromatic carbocycles. The summed E-state index contributed by atoms with van der Waals surface area (Å²) in [6.45, 7) is 1.87. The second kappa shape index (κ2) is 8.62. The lowest BCUT2D eigenvalue weighted by atomic mass is 10.1. The predicted octanol–water partition coefficient (Wildman–Crippen LogP) is 4.41. The lowest BCUT2D eigenvalue weighted by Gasteiger charge is -2.22. The zero-order valence-electron chi connectivity index (χ0n) is 15.4. The van der Waals surface area contributed by atoms with Gasteiger partial charge >= 0.3 is 5.97 Å². The fraction of sp³-hybridized carbons (Fsp3) is 0.250. The molecule has 1 aliphatic rings. The van der Waals surface area contributed by atoms with Crippen molar-refractivity contribution >= 4 is 46.3 Å². The van der Waals surface area contributed by atoms with Gasteiger partial charge in [0.2, 0.25) is 0 Å². The second-order valence-electron chi connectivity index (χ2n) is 6.12. The fourth-order valence-corrected chi connectivity index (χ4v) is 4.19. The summed E-state index contributed by atoms with van der Waals surface area (Å²) >= 11 is 6.33. The molecule has 0 unspecified atom stereocenters. The summed E-state index contributed by atoms with van der Waals surface area (Å²) in [4.78, 5) is 25.8. The van der Waals surface area contributed by atoms with Crippen LogP contribution in [0.1, 0.15) is 25.5 Å². The first-order valence-corrected chi connectivity index (χ1v) is 9.91. The van der Waals surface area contributed by atoms with Crippen LogP contribution >= 0.6 is 24.0 Å². The van der Waals surface area contributed by atoms with Gasteiger partial charge in [-0.15, -0.1) is 0 Å². The maximum absolute atomic E-state index is 12.7. The number of hydrogen-bond acceptors (Lipinski definition) is 6. The third kappa shape index (κ3) is 4.13. The molecule has 6 nitrogen and oxygen atoms in total. The van der Waals surface area contributed by atoms with E-state index >= 15 is 0 Å². The summed E-state index contributed by atoms with van der Waals surface area (Å²) in [5.41, 5.74) is 0.877. The molecule has 28 heavy (non-hydrogen) atoms. The van der Waals surface area contributed by atoms with Gasteiger partial charge in [-0.05, 0) is 42.8 Å². The molecule has 0 bridgehead atoms. The van der Waals surface area contributed by atoms with E-state index in [9.17, 15) is 14.7 Å². The van der Waals surface area contributed by atoms with Crippen LogP contribution in [-0.2, 0) is 9.59 Å². The average Bonchev–Trinajstić information content (AvgIpc) is 3.25. The molecule has 0 spiro atoms. The molecular weight excluding hydrogens is 398 g/mol. The third-order valence-electron chi connectivity index (χ3n) is 4.26. The lowest BCUT2D eigenvalue weighted by molar-refractivity contribution is -0.145. The van der Waals surface area contributed by atoms with Crippen molar-refractivity contribution in [3.05, 3.63) is 47.1 Å². The summed E-state index contributed by atoms with van der Waals surface area (Å²) in [7, 11) is 1.60. The van der Waals surface area contributed by atoms with Crippen molar-refractivity contribution in [3.8, 4) is 17.1 Å². The molecule has 8 heteroatoms. The van der Waals surface area contributed by atoms with Gasteiger partial charge in [0, 0.05) is 11.6 Å². The molecule has 0 saturated carbocycles. The first-order chi connectivity index (χ1) is 13.4. The van der Waals surface area contributed by atoms with Crippen LogP contribution in [0, 0.1) is 0 Å². The number of nitrogens with zero attached hydrogens (tertiary/aromatic N) is 1. The molecule has 2 heterocycles. The van der Waals surface area contributed by atoms with Crippen LogP contribution < -0.4 is 4.74 Å². The number of carbonyl (C=O) groups excluding carboxylic acids is 1. The number of amides is 1. The monoisotopic (exact) mass is 417 g/mol. The van der Waals surface area contributed by atoms with Crippen molar-refractivity contribution in [2.24, 2.45) is 0 Å². The third-order valence-corrected chi connectivity index (χ3v) is 5.59. The summed E-state index contributed by atoms with van der Waals surface area (Å²) in [5, 5.41) is 9.43. The first-order valence-electron chi connectivity index (χ1n) is 8.68. The molecule has 1 fully saturated rings. The molecule has 1 aliphatic heterocycles. The molecule has 3 rings (SSSR count). The Labute approximate surface area is 172 Å². The molecule has 1 N–H and O–H groups in total. The van der Waals surface area contributed by atoms with Crippen LogP contribution in [0.2, 0.25) is 0 Å². The molecular formula is C20H19NO5S2. The van der Waals surface area contributed by atoms with Gasteiger partial charge in [-0.3, -0.25) is 9.69 Å². The second-order valence-corrected chi connectivity index (χ2v) is 7.80. The van der Waals surface area contributed by atoms with Crippen molar-refractivity contribution in [2.75, 3.05) is 7.11 Å². The zero-order chi connectivity index (χ0) is 20.3. The van der Waals surface area contributed by atoms with Gasteiger partial charge in [-0.25, -0.2) is 4.79 Å². The number of methoxy groups -OCH3 is 1. The maximum atomic E-state index is 12.7. The minimum absolute atomic E-state index is 0.249. The Bertz CT molecular complexity index is 932. The number of thioether (sulfide) groups is 1. The van der Waals surface area contributed by atoms with E-state index in [2.05, 4.69) is 0 Å². The number of carbonyl (C=O) groups is 2. The van der Waals surface area contributed by atoms with Crippen molar-refractivity contribution < 1.29 is 23.8 Å². The smallest absolute Gasteiger partial charge is 0.326 e. The van der Waals surface area contributed by atoms with Crippen LogP contribution in [-0.4, -0.2) is 39.4 Å². The summed E-state index contributed by atoms with van der Waals surface area (Å²) < 4.78 is 11.2. The highest BCUT2D eigenvalue weighted by Crippen LogP contribution is 2.35. The summed E-state index contributed by atoms with van der Waals surface area (Å²) in [5.74, 6) is 0.434. The molecule has 0 radical (unpaired) electrons. The molecule has 1 aromatic heterocycles. The molecule has 146 valence electrons. The highest BCUT2D eigenvalue weighted by Gasteiger charge is 2.40. The van der Waals surface area contributed by atoms with E-state index < -0.39 is 17.9 Å². The van der Waals surface area contributed by atoms with Crippen molar-refractivity contribution in [3.63, 3.8) is 0 Å². The molecule has 2 aromatic rings. The highest BCUT2D eigenvalue weighted by atomic mass is 32.2. The lowest BCUT2D eigenvalue weighted by Crippen LogP contribution is -2.43. The predicted molar refractivity (Wildman–Crippen MR) is 112 cm³/mol. The van der Waals surface area contributed by atoms with Gasteiger partial charge in [0.15, 0.2) is 0 Å². The standard InChI is InChI=1S/C20H19NO5S2/c1-3-4-15(19(23)24)21-18(22)17(28-20(21)27)11-14-9-10-16(26-14)12-5-7-13(25-2)8-6-12/h5-11,15H,3-4H2,1-2H3,(H,23,24)/b17-11+/t15-/m1/s1. The van der Waals surface area contributed by atoms with Gasteiger partial charge in [0.05, 0.1) is 12.0 Å². The molecule has 1 amide bonds. The van der Waals surface area contributed by atoms with Gasteiger partial charge in [0.25, 0.3) is 5.91 Å². The van der Waals surface area contributed by atoms with Crippen LogP contribution in [0.5, 0.6) is 5.75 Å². The fourth-order valence-electron chi connectivity index (χ4n) is 2.85. The minimum Gasteiger partial charge on any atom is -0.497 e. The van der Waals surface area contributed by atoms with Crippen molar-refractivity contribution in [2.45, 2.75) is 25.8 Å². The molecule has 1 saturated heterocycles. The van der Waals surface area contributed by atoms with E-state index in [0.717, 1.165) is 23.1 Å². The Hall–Kier alpha value is -2.58. The summed E-state index contributed by atoms with van der Waals surface area (Å²) in [6.07, 6.45) is 2.57. The number of hydrogen-bond donors (Lipinski definition) is 1. The number of furan rings is 1. The summed E-state index contributed by atoms with van der Waals surface area (Å²) in [6, 6.07) is 10.0. The van der Waals surface area contributed by atoms with E-state index in [-0.39, 0.29) is 4.32 Å². The Morgan fingerprint density at radius 3 is 2.64 bits per heavy atom. The van der Waals surface area contributed by atoms with Crippen molar-refractivity contribution in [1.29, 1.82) is 0 Å². The minimum atomic E-state index is -1.06. The SMILES string of the molecule is CCC[C@H](C(=O)O)N1C(=O)/C(=C\c2ccc(-c3ccc(OC)cc3)o2)SC1=S. The Kier molecular flexibility index (Phi) is 6.21. The van der Waals surface area contributed by atoms with Gasteiger partial charge in [-0.1, -0.05) is 37.3 Å². The van der Waals surface area contributed by atoms with E-state index in [1.165, 1.54) is 4.90 Å². The number of carboxylic acids is 1. The van der Waals surface area contributed by atoms with Gasteiger partial charge in [0.1, 0.15) is 27.6 Å². The number of aliphatic carboxylic acids is 1. The Balaban J connectivity index is 1.82. The normalized spacial score (nSPS) is 16.6. The zero-order valence-corrected chi connectivity index (χ0v) is 17.0. The highest BCUT2D eigenvalue weighted by molar-refractivity contribution is 8.26. The molecule has 0 aliphatic carbocycles. The largest absolute Gasteiger partial charge is 0.497 e. The number of ether oxygens (including phenoxy) is 1. The van der Waals surface area contributed by atoms with E-state index in [1.54, 1.807) is 19.3 Å². The maximum Gasteiger partial charge on any atom is 0.326 e. The molecule has 1 atom stereocenters. The Morgan fingerprint density at radius 2 is 2.04 bits per heavy atom. The van der Waals surface area contributed by atoms with Crippen molar-refractivity contribution in [1.82, 2.24) is 4.90 Å². The van der Waals surface area contributed by atoms with Crippen LogP contribution in [0.3, 0.4) is 0 Å². The van der Waals surface area contributed by atoms with Gasteiger partial charge < -0.3 is 14.3 Å². The quantitative estimate of drug-likeness (QED) is 0.528. The van der Waals surface area contributed by atoms with Crippen LogP contribution in [0.25, 0.3) is 17.4 Å². The first kappa shape index (κ1) is 20.2. The van der Waals surface area contributed by atoms with Crippen LogP contribution in [0.15, 0.2) is 45.7 Å². The van der Waals surface area contributed by atoms with E-state index in [4.69, 9.17) is 21.4 Å². The number of carboxylic acid groups (broad SMARTS) is 1. The van der Waals surface area contributed by atoms with E-state index in [0.29, 0.717) is 29.3 Å². The van der Waals surface area contributed by atoms with E-state index in [1.807, 2.05) is 37.3 Å². The number of rotatable bonds is 7.